The number of aromatic hydroxyl groups is 1. The minimum atomic E-state index is 0.206. The van der Waals surface area contributed by atoms with Gasteiger partial charge in [-0.3, -0.25) is 0 Å². The number of benzene rings is 2. The van der Waals surface area contributed by atoms with E-state index in [0.29, 0.717) is 11.7 Å². The van der Waals surface area contributed by atoms with Gasteiger partial charge in [0.15, 0.2) is 11.5 Å². The summed E-state index contributed by atoms with van der Waals surface area (Å²) in [6.45, 7) is 9.08. The fourth-order valence-electron chi connectivity index (χ4n) is 3.02. The molecule has 136 valence electrons. The van der Waals surface area contributed by atoms with Crippen LogP contribution in [0.4, 0.5) is 0 Å². The molecule has 1 unspecified atom stereocenters. The predicted octanol–water partition coefficient (Wildman–Crippen LogP) is 5.90. The molecule has 0 fully saturated rings. The molecular formula is C23H32O2. The number of phenols is 1. The van der Waals surface area contributed by atoms with Crippen LogP contribution < -0.4 is 4.74 Å². The molecule has 25 heavy (non-hydrogen) atoms. The Hall–Kier alpha value is -1.96. The molecule has 0 amide bonds. The molecule has 0 aliphatic carbocycles. The smallest absolute Gasteiger partial charge is 0.160 e. The molecule has 0 aliphatic heterocycles. The third-order valence-corrected chi connectivity index (χ3v) is 4.92. The van der Waals surface area contributed by atoms with Crippen LogP contribution in [-0.4, -0.2) is 12.2 Å². The van der Waals surface area contributed by atoms with Gasteiger partial charge in [0.05, 0.1) is 7.11 Å². The Bertz CT molecular complexity index is 665. The summed E-state index contributed by atoms with van der Waals surface area (Å²) in [7, 11) is 1.59. The Labute approximate surface area is 152 Å². The molecule has 2 aromatic rings. The van der Waals surface area contributed by atoms with Crippen LogP contribution in [0, 0.1) is 5.92 Å². The van der Waals surface area contributed by atoms with E-state index in [-0.39, 0.29) is 11.2 Å². The lowest BCUT2D eigenvalue weighted by atomic mass is 9.86. The number of phenolic OH excluding ortho intramolecular Hbond substituents is 1. The van der Waals surface area contributed by atoms with Crippen LogP contribution in [0.15, 0.2) is 42.5 Å². The average Bonchev–Trinajstić information content (AvgIpc) is 2.58. The van der Waals surface area contributed by atoms with Gasteiger partial charge in [0.2, 0.25) is 0 Å². The monoisotopic (exact) mass is 340 g/mol. The van der Waals surface area contributed by atoms with Crippen molar-refractivity contribution in [2.45, 2.75) is 58.8 Å². The van der Waals surface area contributed by atoms with Crippen LogP contribution in [0.3, 0.4) is 0 Å². The average molecular weight is 341 g/mol. The van der Waals surface area contributed by atoms with Crippen molar-refractivity contribution in [2.24, 2.45) is 5.92 Å². The minimum absolute atomic E-state index is 0.206. The Morgan fingerprint density at radius 1 is 0.920 bits per heavy atom. The lowest BCUT2D eigenvalue weighted by molar-refractivity contribution is 0.372. The molecule has 0 aliphatic rings. The zero-order valence-corrected chi connectivity index (χ0v) is 16.3. The van der Waals surface area contributed by atoms with Crippen molar-refractivity contribution in [2.75, 3.05) is 7.11 Å². The zero-order valence-electron chi connectivity index (χ0n) is 16.3. The summed E-state index contributed by atoms with van der Waals surface area (Å²) >= 11 is 0. The molecule has 0 saturated carbocycles. The Kier molecular flexibility index (Phi) is 6.52. The summed E-state index contributed by atoms with van der Waals surface area (Å²) in [5.74, 6) is 1.43. The van der Waals surface area contributed by atoms with Gasteiger partial charge < -0.3 is 9.84 Å². The molecule has 2 aromatic carbocycles. The third kappa shape index (κ3) is 5.81. The van der Waals surface area contributed by atoms with Crippen molar-refractivity contribution in [1.82, 2.24) is 0 Å². The van der Waals surface area contributed by atoms with Crippen molar-refractivity contribution < 1.29 is 9.84 Å². The van der Waals surface area contributed by atoms with E-state index in [1.54, 1.807) is 13.2 Å². The van der Waals surface area contributed by atoms with Gasteiger partial charge in [-0.2, -0.15) is 0 Å². The number of aryl methyl sites for hydroxylation is 2. The van der Waals surface area contributed by atoms with E-state index in [4.69, 9.17) is 4.74 Å². The molecule has 2 rings (SSSR count). The van der Waals surface area contributed by atoms with Gasteiger partial charge in [-0.15, -0.1) is 0 Å². The summed E-state index contributed by atoms with van der Waals surface area (Å²) < 4.78 is 5.18. The lowest BCUT2D eigenvalue weighted by Crippen LogP contribution is -2.10. The number of ether oxygens (including phenoxy) is 1. The van der Waals surface area contributed by atoms with Crippen molar-refractivity contribution >= 4 is 0 Å². The molecule has 1 N–H and O–H groups in total. The first-order chi connectivity index (χ1) is 11.8. The van der Waals surface area contributed by atoms with Gasteiger partial charge >= 0.3 is 0 Å². The van der Waals surface area contributed by atoms with Gasteiger partial charge in [0.25, 0.3) is 0 Å². The molecule has 2 nitrogen and oxygen atoms in total. The van der Waals surface area contributed by atoms with E-state index < -0.39 is 0 Å². The molecule has 0 radical (unpaired) electrons. The molecule has 2 heteroatoms. The van der Waals surface area contributed by atoms with Gasteiger partial charge in [-0.25, -0.2) is 0 Å². The summed E-state index contributed by atoms with van der Waals surface area (Å²) in [5.41, 5.74) is 4.25. The first kappa shape index (κ1) is 19.4. The molecule has 1 atom stereocenters. The molecule has 0 bridgehead atoms. The number of hydrogen-bond donors (Lipinski definition) is 1. The summed E-state index contributed by atoms with van der Waals surface area (Å²) in [5, 5.41) is 9.67. The fraction of sp³-hybridized carbons (Fsp3) is 0.478. The van der Waals surface area contributed by atoms with Crippen LogP contribution >= 0.6 is 0 Å². The van der Waals surface area contributed by atoms with Crippen molar-refractivity contribution in [1.29, 1.82) is 0 Å². The highest BCUT2D eigenvalue weighted by atomic mass is 16.5. The maximum Gasteiger partial charge on any atom is 0.160 e. The van der Waals surface area contributed by atoms with E-state index in [9.17, 15) is 5.11 Å². The van der Waals surface area contributed by atoms with Crippen LogP contribution in [0.1, 0.15) is 57.2 Å². The molecule has 0 saturated heterocycles. The second-order valence-electron chi connectivity index (χ2n) is 8.14. The Morgan fingerprint density at radius 3 is 2.04 bits per heavy atom. The van der Waals surface area contributed by atoms with Crippen molar-refractivity contribution in [3.63, 3.8) is 0 Å². The minimum Gasteiger partial charge on any atom is -0.504 e. The van der Waals surface area contributed by atoms with Gasteiger partial charge in [0.1, 0.15) is 0 Å². The summed E-state index contributed by atoms with van der Waals surface area (Å²) in [6.07, 6.45) is 4.49. The number of rotatable bonds is 7. The van der Waals surface area contributed by atoms with Crippen molar-refractivity contribution in [3.05, 3.63) is 59.2 Å². The SMILES string of the molecule is COc1cc(CCC(C)CCc2ccc(C(C)(C)C)cc2)ccc1O. The quantitative estimate of drug-likeness (QED) is 0.680. The normalized spacial score (nSPS) is 12.8. The van der Waals surface area contributed by atoms with E-state index in [2.05, 4.69) is 52.0 Å². The van der Waals surface area contributed by atoms with Crippen molar-refractivity contribution in [3.8, 4) is 11.5 Å². The third-order valence-electron chi connectivity index (χ3n) is 4.92. The van der Waals surface area contributed by atoms with Crippen LogP contribution in [0.2, 0.25) is 0 Å². The van der Waals surface area contributed by atoms with Crippen LogP contribution in [0.5, 0.6) is 11.5 Å². The van der Waals surface area contributed by atoms with Gasteiger partial charge in [-0.1, -0.05) is 58.0 Å². The van der Waals surface area contributed by atoms with E-state index in [0.717, 1.165) is 19.3 Å². The molecular weight excluding hydrogens is 308 g/mol. The van der Waals surface area contributed by atoms with Gasteiger partial charge in [-0.05, 0) is 65.8 Å². The highest BCUT2D eigenvalue weighted by Gasteiger charge is 2.13. The lowest BCUT2D eigenvalue weighted by Gasteiger charge is -2.19. The number of methoxy groups -OCH3 is 1. The van der Waals surface area contributed by atoms with Crippen LogP contribution in [0.25, 0.3) is 0 Å². The fourth-order valence-corrected chi connectivity index (χ4v) is 3.02. The summed E-state index contributed by atoms with van der Waals surface area (Å²) in [6, 6.07) is 14.7. The Balaban J connectivity index is 1.81. The molecule has 0 heterocycles. The molecule has 0 aromatic heterocycles. The van der Waals surface area contributed by atoms with E-state index in [1.807, 2.05) is 12.1 Å². The highest BCUT2D eigenvalue weighted by Crippen LogP contribution is 2.28. The summed E-state index contributed by atoms with van der Waals surface area (Å²) in [4.78, 5) is 0. The largest absolute Gasteiger partial charge is 0.504 e. The number of hydrogen-bond acceptors (Lipinski definition) is 2. The first-order valence-electron chi connectivity index (χ1n) is 9.25. The molecule has 0 spiro atoms. The van der Waals surface area contributed by atoms with Gasteiger partial charge in [0, 0.05) is 0 Å². The Morgan fingerprint density at radius 2 is 1.48 bits per heavy atom. The van der Waals surface area contributed by atoms with Crippen LogP contribution in [-0.2, 0) is 18.3 Å². The maximum absolute atomic E-state index is 9.67. The zero-order chi connectivity index (χ0) is 18.4. The standard InChI is InChI=1S/C23H32O2/c1-17(7-9-19-12-15-21(24)22(16-19)25-5)6-8-18-10-13-20(14-11-18)23(2,3)4/h10-17,24H,6-9H2,1-5H3. The first-order valence-corrected chi connectivity index (χ1v) is 9.25. The van der Waals surface area contributed by atoms with E-state index >= 15 is 0 Å². The second kappa shape index (κ2) is 8.42. The predicted molar refractivity (Wildman–Crippen MR) is 106 cm³/mol. The highest BCUT2D eigenvalue weighted by molar-refractivity contribution is 5.41. The topological polar surface area (TPSA) is 29.5 Å². The van der Waals surface area contributed by atoms with E-state index in [1.165, 1.54) is 23.1 Å². The maximum atomic E-state index is 9.67. The second-order valence-corrected chi connectivity index (χ2v) is 8.14.